The first-order valence-electron chi connectivity index (χ1n) is 6.69. The molecule has 0 unspecified atom stereocenters. The molecule has 0 bridgehead atoms. The van der Waals surface area contributed by atoms with Gasteiger partial charge in [-0.05, 0) is 12.1 Å². The molecule has 0 N–H and O–H groups in total. The van der Waals surface area contributed by atoms with Gasteiger partial charge in [0, 0.05) is 20.3 Å². The molecule has 0 aromatic carbocycles. The molecule has 0 spiro atoms. The molecule has 0 saturated heterocycles. The molecule has 8 nitrogen and oxygen atoms in total. The van der Waals surface area contributed by atoms with Gasteiger partial charge in [-0.2, -0.15) is 0 Å². The fraction of sp³-hybridized carbons (Fsp3) is 0.214. The number of rotatable bonds is 3. The number of hydrogen-bond acceptors (Lipinski definition) is 6. The average molecular weight is 331 g/mol. The Bertz CT molecular complexity index is 1000. The molecule has 0 aliphatic carbocycles. The smallest absolute Gasteiger partial charge is 0.314 e. The zero-order valence-corrected chi connectivity index (χ0v) is 13.3. The van der Waals surface area contributed by atoms with Crippen molar-refractivity contribution < 1.29 is 4.79 Å². The van der Waals surface area contributed by atoms with Gasteiger partial charge in [0.05, 0.1) is 12.2 Å². The number of carbonyl (C=O) groups is 1. The van der Waals surface area contributed by atoms with Crippen molar-refractivity contribution >= 4 is 28.0 Å². The fourth-order valence-electron chi connectivity index (χ4n) is 2.18. The molecule has 0 amide bonds. The van der Waals surface area contributed by atoms with Crippen molar-refractivity contribution in [2.75, 3.05) is 0 Å². The summed E-state index contributed by atoms with van der Waals surface area (Å²) < 4.78 is 3.88. The number of thioether (sulfide) groups is 1. The summed E-state index contributed by atoms with van der Waals surface area (Å²) in [6, 6.07) is 5.10. The Balaban J connectivity index is 1.95. The second kappa shape index (κ2) is 5.84. The fourth-order valence-corrected chi connectivity index (χ4v) is 2.90. The van der Waals surface area contributed by atoms with Crippen molar-refractivity contribution in [3.05, 3.63) is 57.3 Å². The monoisotopic (exact) mass is 331 g/mol. The summed E-state index contributed by atoms with van der Waals surface area (Å²) in [6.45, 7) is 0. The van der Waals surface area contributed by atoms with E-state index in [0.29, 0.717) is 11.3 Å². The second-order valence-corrected chi connectivity index (χ2v) is 5.79. The molecular weight excluding hydrogens is 318 g/mol. The van der Waals surface area contributed by atoms with Crippen LogP contribution in [0.15, 0.2) is 40.3 Å². The molecule has 9 heteroatoms. The first-order valence-corrected chi connectivity index (χ1v) is 7.68. The maximum Gasteiger partial charge on any atom is 0.332 e. The van der Waals surface area contributed by atoms with Gasteiger partial charge in [0.2, 0.25) is 5.12 Å². The normalized spacial score (nSPS) is 11.0. The van der Waals surface area contributed by atoms with E-state index in [1.165, 1.54) is 17.9 Å². The molecule has 0 aliphatic heterocycles. The average Bonchev–Trinajstić information content (AvgIpc) is 3.00. The number of aryl methyl sites for hydroxylation is 1. The Labute approximate surface area is 134 Å². The van der Waals surface area contributed by atoms with Crippen LogP contribution in [0.5, 0.6) is 0 Å². The van der Waals surface area contributed by atoms with E-state index >= 15 is 0 Å². The maximum absolute atomic E-state index is 12.3. The van der Waals surface area contributed by atoms with E-state index in [0.717, 1.165) is 16.3 Å². The lowest BCUT2D eigenvalue weighted by atomic mass is 10.4. The molecule has 3 heterocycles. The highest BCUT2D eigenvalue weighted by atomic mass is 32.2. The molecule has 23 heavy (non-hydrogen) atoms. The van der Waals surface area contributed by atoms with Crippen LogP contribution in [-0.2, 0) is 20.0 Å². The Morgan fingerprint density at radius 1 is 1.17 bits per heavy atom. The van der Waals surface area contributed by atoms with E-state index in [-0.39, 0.29) is 16.5 Å². The van der Waals surface area contributed by atoms with E-state index in [1.807, 2.05) is 0 Å². The van der Waals surface area contributed by atoms with Crippen LogP contribution in [0, 0.1) is 0 Å². The summed E-state index contributed by atoms with van der Waals surface area (Å²) in [7, 11) is 2.96. The Kier molecular flexibility index (Phi) is 3.87. The maximum atomic E-state index is 12.3. The lowest BCUT2D eigenvalue weighted by Crippen LogP contribution is -2.37. The zero-order chi connectivity index (χ0) is 16.6. The van der Waals surface area contributed by atoms with E-state index < -0.39 is 11.2 Å². The molecule has 118 valence electrons. The van der Waals surface area contributed by atoms with Crippen molar-refractivity contribution in [3.8, 4) is 0 Å². The van der Waals surface area contributed by atoms with Crippen LogP contribution in [0.2, 0.25) is 0 Å². The highest BCUT2D eigenvalue weighted by Gasteiger charge is 2.15. The summed E-state index contributed by atoms with van der Waals surface area (Å²) in [4.78, 5) is 44.3. The van der Waals surface area contributed by atoms with Gasteiger partial charge in [-0.1, -0.05) is 17.8 Å². The predicted octanol–water partition coefficient (Wildman–Crippen LogP) is 0.360. The standard InChI is InChI=1S/C14H13N5O3S/c1-17-11-10(12(20)18(2)14(17)22)19(7-16-11)8-23-13(21)9-5-3-4-6-15-9/h3-7H,8H2,1-2H3. The van der Waals surface area contributed by atoms with Gasteiger partial charge in [-0.3, -0.25) is 23.7 Å². The Morgan fingerprint density at radius 3 is 2.65 bits per heavy atom. The van der Waals surface area contributed by atoms with Gasteiger partial charge < -0.3 is 4.57 Å². The van der Waals surface area contributed by atoms with Crippen molar-refractivity contribution in [2.45, 2.75) is 5.88 Å². The molecule has 3 aromatic rings. The number of hydrogen-bond donors (Lipinski definition) is 0. The summed E-state index contributed by atoms with van der Waals surface area (Å²) in [6.07, 6.45) is 3.00. The number of nitrogens with zero attached hydrogens (tertiary/aromatic N) is 5. The third kappa shape index (κ3) is 2.59. The van der Waals surface area contributed by atoms with Gasteiger partial charge >= 0.3 is 5.69 Å². The van der Waals surface area contributed by atoms with Crippen LogP contribution < -0.4 is 11.2 Å². The predicted molar refractivity (Wildman–Crippen MR) is 86.4 cm³/mol. The largest absolute Gasteiger partial charge is 0.332 e. The summed E-state index contributed by atoms with van der Waals surface area (Å²) >= 11 is 1.01. The first-order chi connectivity index (χ1) is 11.0. The highest BCUT2D eigenvalue weighted by Crippen LogP contribution is 2.15. The summed E-state index contributed by atoms with van der Waals surface area (Å²) in [5.41, 5.74) is 0.0542. The Morgan fingerprint density at radius 2 is 1.96 bits per heavy atom. The van der Waals surface area contributed by atoms with Gasteiger partial charge in [-0.25, -0.2) is 9.78 Å². The summed E-state index contributed by atoms with van der Waals surface area (Å²) in [5.74, 6) is 0.208. The molecule has 0 aliphatic rings. The molecule has 0 saturated carbocycles. The number of aromatic nitrogens is 5. The first kappa shape index (κ1) is 15.2. The van der Waals surface area contributed by atoms with Gasteiger partial charge in [0.25, 0.3) is 5.56 Å². The molecular formula is C14H13N5O3S. The van der Waals surface area contributed by atoms with E-state index in [1.54, 1.807) is 36.0 Å². The van der Waals surface area contributed by atoms with Crippen LogP contribution >= 0.6 is 11.8 Å². The third-order valence-corrected chi connectivity index (χ3v) is 4.30. The lowest BCUT2D eigenvalue weighted by Gasteiger charge is -2.06. The zero-order valence-electron chi connectivity index (χ0n) is 12.5. The summed E-state index contributed by atoms with van der Waals surface area (Å²) in [5, 5.41) is -0.200. The van der Waals surface area contributed by atoms with Crippen LogP contribution in [0.3, 0.4) is 0 Å². The Hall–Kier alpha value is -2.68. The van der Waals surface area contributed by atoms with Crippen molar-refractivity contribution in [3.63, 3.8) is 0 Å². The third-order valence-electron chi connectivity index (χ3n) is 3.43. The highest BCUT2D eigenvalue weighted by molar-refractivity contribution is 8.13. The van der Waals surface area contributed by atoms with Gasteiger partial charge in [0.15, 0.2) is 11.2 Å². The number of imidazole rings is 1. The minimum absolute atomic E-state index is 0.200. The molecule has 0 fully saturated rings. The SMILES string of the molecule is Cn1c(=O)c2c(ncn2CSC(=O)c2ccccn2)n(C)c1=O. The number of pyridine rings is 1. The second-order valence-electron chi connectivity index (χ2n) is 4.87. The molecule has 3 rings (SSSR count). The molecule has 0 radical (unpaired) electrons. The lowest BCUT2D eigenvalue weighted by molar-refractivity contribution is 0.108. The van der Waals surface area contributed by atoms with E-state index in [2.05, 4.69) is 9.97 Å². The van der Waals surface area contributed by atoms with E-state index in [4.69, 9.17) is 0 Å². The van der Waals surface area contributed by atoms with Crippen LogP contribution in [0.4, 0.5) is 0 Å². The minimum atomic E-state index is -0.440. The van der Waals surface area contributed by atoms with Crippen LogP contribution in [0.1, 0.15) is 10.5 Å². The van der Waals surface area contributed by atoms with Gasteiger partial charge in [0.1, 0.15) is 5.69 Å². The molecule has 3 aromatic heterocycles. The van der Waals surface area contributed by atoms with Crippen molar-refractivity contribution in [1.82, 2.24) is 23.7 Å². The number of carbonyl (C=O) groups excluding carboxylic acids is 1. The van der Waals surface area contributed by atoms with Crippen LogP contribution in [-0.4, -0.2) is 28.8 Å². The van der Waals surface area contributed by atoms with Crippen LogP contribution in [0.25, 0.3) is 11.2 Å². The van der Waals surface area contributed by atoms with Crippen molar-refractivity contribution in [1.29, 1.82) is 0 Å². The van der Waals surface area contributed by atoms with E-state index in [9.17, 15) is 14.4 Å². The number of fused-ring (bicyclic) bond motifs is 1. The molecule has 0 atom stereocenters. The topological polar surface area (TPSA) is 91.8 Å². The quantitative estimate of drug-likeness (QED) is 0.688. The van der Waals surface area contributed by atoms with Gasteiger partial charge in [-0.15, -0.1) is 0 Å². The van der Waals surface area contributed by atoms with Crippen molar-refractivity contribution in [2.24, 2.45) is 14.1 Å². The minimum Gasteiger partial charge on any atom is -0.314 e.